The maximum absolute atomic E-state index is 13.0. The van der Waals surface area contributed by atoms with Gasteiger partial charge in [0.1, 0.15) is 11.4 Å². The van der Waals surface area contributed by atoms with Gasteiger partial charge in [-0.15, -0.1) is 0 Å². The molecule has 0 spiro atoms. The largest absolute Gasteiger partial charge is 0.433 e. The number of nitrogens with zero attached hydrogens (tertiary/aromatic N) is 3. The number of halogens is 3. The molecule has 4 rings (SSSR count). The second-order valence-corrected chi connectivity index (χ2v) is 8.40. The summed E-state index contributed by atoms with van der Waals surface area (Å²) in [5, 5.41) is 5.16. The Labute approximate surface area is 231 Å². The molecule has 0 bridgehead atoms. The van der Waals surface area contributed by atoms with Gasteiger partial charge in [-0.2, -0.15) is 13.2 Å². The molecule has 0 atom stereocenters. The van der Waals surface area contributed by atoms with Crippen LogP contribution in [0.4, 0.5) is 24.5 Å². The molecule has 2 amide bonds. The number of carbonyl (C=O) groups is 2. The van der Waals surface area contributed by atoms with E-state index in [0.29, 0.717) is 50.2 Å². The second kappa shape index (κ2) is 14.1. The van der Waals surface area contributed by atoms with E-state index in [1.54, 1.807) is 18.3 Å². The average Bonchev–Trinajstić information content (AvgIpc) is 2.97. The quantitative estimate of drug-likeness (QED) is 0.261. The number of pyridine rings is 2. The van der Waals surface area contributed by atoms with Gasteiger partial charge in [0.2, 0.25) is 6.41 Å². The van der Waals surface area contributed by atoms with Crippen LogP contribution in [0.1, 0.15) is 41.2 Å². The Morgan fingerprint density at radius 2 is 1.88 bits per heavy atom. The molecule has 8 nitrogen and oxygen atoms in total. The number of rotatable bonds is 6. The number of nitrogens with one attached hydrogen (secondary N) is 2. The van der Waals surface area contributed by atoms with Gasteiger partial charge in [0, 0.05) is 42.3 Å². The van der Waals surface area contributed by atoms with E-state index in [9.17, 15) is 22.8 Å². The maximum atomic E-state index is 13.0. The highest BCUT2D eigenvalue weighted by Gasteiger charge is 2.33. The summed E-state index contributed by atoms with van der Waals surface area (Å²) in [6.45, 7) is 8.55. The van der Waals surface area contributed by atoms with Gasteiger partial charge in [0.25, 0.3) is 5.91 Å². The topological polar surface area (TPSA) is 96.4 Å². The van der Waals surface area contributed by atoms with Crippen LogP contribution in [0.5, 0.6) is 0 Å². The Balaban J connectivity index is 0.00000216. The summed E-state index contributed by atoms with van der Waals surface area (Å²) in [5.41, 5.74) is 2.97. The number of morpholine rings is 1. The first-order valence-electron chi connectivity index (χ1n) is 12.7. The molecule has 3 heterocycles. The number of hydrogen-bond acceptors (Lipinski definition) is 6. The Bertz CT molecular complexity index is 1390. The summed E-state index contributed by atoms with van der Waals surface area (Å²) in [5.74, 6) is 5.19. The molecule has 0 saturated carbocycles. The Morgan fingerprint density at radius 1 is 1.12 bits per heavy atom. The van der Waals surface area contributed by atoms with Crippen LogP contribution in [0.25, 0.3) is 11.1 Å². The number of carbonyl (C=O) groups excluding carboxylic acids is 2. The van der Waals surface area contributed by atoms with Gasteiger partial charge in [-0.25, -0.2) is 4.98 Å². The molecule has 1 saturated heterocycles. The summed E-state index contributed by atoms with van der Waals surface area (Å²) in [4.78, 5) is 33.2. The Morgan fingerprint density at radius 3 is 2.58 bits per heavy atom. The Hall–Kier alpha value is -4.43. The highest BCUT2D eigenvalue weighted by atomic mass is 19.4. The van der Waals surface area contributed by atoms with Gasteiger partial charge in [0.05, 0.1) is 25.4 Å². The van der Waals surface area contributed by atoms with Gasteiger partial charge in [0.15, 0.2) is 0 Å². The van der Waals surface area contributed by atoms with Crippen molar-refractivity contribution in [3.05, 3.63) is 71.3 Å². The highest BCUT2D eigenvalue weighted by molar-refractivity contribution is 6.04. The summed E-state index contributed by atoms with van der Waals surface area (Å²) in [7, 11) is 0. The van der Waals surface area contributed by atoms with Crippen LogP contribution in [0.15, 0.2) is 48.8 Å². The fourth-order valence-electron chi connectivity index (χ4n) is 3.90. The fraction of sp³-hybridized carbons (Fsp3) is 0.310. The molecule has 1 aliphatic heterocycles. The van der Waals surface area contributed by atoms with Gasteiger partial charge < -0.3 is 20.3 Å². The second-order valence-electron chi connectivity index (χ2n) is 8.40. The van der Waals surface area contributed by atoms with E-state index >= 15 is 0 Å². The van der Waals surface area contributed by atoms with Crippen LogP contribution in [0.3, 0.4) is 0 Å². The molecule has 3 aromatic rings. The first kappa shape index (κ1) is 30.1. The summed E-state index contributed by atoms with van der Waals surface area (Å²) < 4.78 is 44.5. The van der Waals surface area contributed by atoms with Crippen molar-refractivity contribution < 1.29 is 27.5 Å². The molecular weight excluding hydrogens is 523 g/mol. The molecular formula is C29H30F3N5O3. The molecule has 210 valence electrons. The van der Waals surface area contributed by atoms with Gasteiger partial charge in [-0.1, -0.05) is 25.8 Å². The third-order valence-corrected chi connectivity index (χ3v) is 5.82. The van der Waals surface area contributed by atoms with Crippen LogP contribution in [-0.4, -0.2) is 55.1 Å². The Kier molecular flexibility index (Phi) is 10.6. The smallest absolute Gasteiger partial charge is 0.378 e. The summed E-state index contributed by atoms with van der Waals surface area (Å²) in [6.07, 6.45) is -1.45. The van der Waals surface area contributed by atoms with Crippen molar-refractivity contribution in [1.29, 1.82) is 0 Å². The van der Waals surface area contributed by atoms with Gasteiger partial charge in [-0.3, -0.25) is 14.6 Å². The predicted octanol–water partition coefficient (Wildman–Crippen LogP) is 4.68. The molecule has 1 aliphatic rings. The molecule has 2 N–H and O–H groups in total. The lowest BCUT2D eigenvalue weighted by atomic mass is 10.00. The predicted molar refractivity (Wildman–Crippen MR) is 147 cm³/mol. The number of anilines is 2. The summed E-state index contributed by atoms with van der Waals surface area (Å²) in [6, 6.07) is 9.14. The van der Waals surface area contributed by atoms with E-state index in [4.69, 9.17) is 4.74 Å². The molecule has 0 aliphatic carbocycles. The molecule has 0 radical (unpaired) electrons. The first-order valence-corrected chi connectivity index (χ1v) is 12.7. The number of amides is 2. The molecule has 40 heavy (non-hydrogen) atoms. The number of aryl methyl sites for hydroxylation is 1. The molecule has 0 unspecified atom stereocenters. The van der Waals surface area contributed by atoms with Crippen LogP contribution in [0.2, 0.25) is 0 Å². The average molecular weight is 554 g/mol. The SMILES string of the molecule is CC.Cc1ccc(NC(=O)c2ccnc(C(F)(F)F)c2)cc1-c1cnc(C#CCNC=O)c(N2CCOCC2)c1. The third-order valence-electron chi connectivity index (χ3n) is 5.82. The minimum absolute atomic E-state index is 0.155. The van der Waals surface area contributed by atoms with Crippen molar-refractivity contribution in [2.75, 3.05) is 43.1 Å². The van der Waals surface area contributed by atoms with Crippen molar-refractivity contribution in [2.45, 2.75) is 26.9 Å². The number of hydrogen-bond donors (Lipinski definition) is 2. The van der Waals surface area contributed by atoms with Crippen LogP contribution in [0, 0.1) is 18.8 Å². The number of benzene rings is 1. The van der Waals surface area contributed by atoms with E-state index in [2.05, 4.69) is 37.3 Å². The lowest BCUT2D eigenvalue weighted by Crippen LogP contribution is -2.36. The monoisotopic (exact) mass is 553 g/mol. The van der Waals surface area contributed by atoms with Gasteiger partial charge in [-0.05, 0) is 54.3 Å². The van der Waals surface area contributed by atoms with Gasteiger partial charge >= 0.3 is 6.18 Å². The highest BCUT2D eigenvalue weighted by Crippen LogP contribution is 2.32. The van der Waals surface area contributed by atoms with E-state index in [0.717, 1.165) is 28.6 Å². The zero-order valence-electron chi connectivity index (χ0n) is 22.4. The van der Waals surface area contributed by atoms with Crippen LogP contribution < -0.4 is 15.5 Å². The van der Waals surface area contributed by atoms with Crippen molar-refractivity contribution >= 4 is 23.7 Å². The molecule has 1 fully saturated rings. The third kappa shape index (κ3) is 7.80. The van der Waals surface area contributed by atoms with Crippen LogP contribution in [-0.2, 0) is 15.7 Å². The first-order chi connectivity index (χ1) is 19.3. The van der Waals surface area contributed by atoms with Crippen molar-refractivity contribution in [1.82, 2.24) is 15.3 Å². The number of aromatic nitrogens is 2. The zero-order chi connectivity index (χ0) is 29.1. The van der Waals surface area contributed by atoms with Crippen molar-refractivity contribution in [3.8, 4) is 23.0 Å². The minimum atomic E-state index is -4.65. The number of alkyl halides is 3. The van der Waals surface area contributed by atoms with E-state index in [1.165, 1.54) is 6.07 Å². The molecule has 2 aromatic heterocycles. The minimum Gasteiger partial charge on any atom is -0.378 e. The van der Waals surface area contributed by atoms with E-state index in [1.807, 2.05) is 32.9 Å². The number of ether oxygens (including phenoxy) is 1. The molecule has 11 heteroatoms. The summed E-state index contributed by atoms with van der Waals surface area (Å²) >= 11 is 0. The lowest BCUT2D eigenvalue weighted by molar-refractivity contribution is -0.141. The lowest BCUT2D eigenvalue weighted by Gasteiger charge is -2.29. The van der Waals surface area contributed by atoms with E-state index < -0.39 is 17.8 Å². The standard InChI is InChI=1S/C27H24F3N5O3.C2H6/c1-18-4-5-21(34-26(37)19-6-8-32-25(14-19)27(28,29)30)15-22(18)20-13-24(35-9-11-38-12-10-35)23(33-16-20)3-2-7-31-17-36;1-2/h4-6,8,13-17H,7,9-12H2,1H3,(H,31,36)(H,34,37);1-2H3. The van der Waals surface area contributed by atoms with Crippen molar-refractivity contribution in [3.63, 3.8) is 0 Å². The molecule has 1 aromatic carbocycles. The van der Waals surface area contributed by atoms with E-state index in [-0.39, 0.29) is 12.1 Å². The normalized spacial score (nSPS) is 12.8. The van der Waals surface area contributed by atoms with Crippen LogP contribution >= 0.6 is 0 Å². The zero-order valence-corrected chi connectivity index (χ0v) is 22.4. The fourth-order valence-corrected chi connectivity index (χ4v) is 3.90. The van der Waals surface area contributed by atoms with Crippen molar-refractivity contribution in [2.24, 2.45) is 0 Å². The maximum Gasteiger partial charge on any atom is 0.433 e.